The second-order valence-corrected chi connectivity index (χ2v) is 3.51. The molecule has 0 heterocycles. The third-order valence-electron chi connectivity index (χ3n) is 1.50. The standard InChI is InChI=1S/C9H8FIO/c1-2-9(12)7-4-3-6(10)5-8(7)11/h2-5,9,12H,1H2. The summed E-state index contributed by atoms with van der Waals surface area (Å²) < 4.78 is 13.3. The maximum atomic E-state index is 12.6. The number of aliphatic hydroxyl groups is 1. The Bertz CT molecular complexity index is 299. The van der Waals surface area contributed by atoms with Gasteiger partial charge in [0.05, 0.1) is 6.10 Å². The van der Waals surface area contributed by atoms with Crippen LogP contribution < -0.4 is 0 Å². The van der Waals surface area contributed by atoms with Crippen molar-refractivity contribution in [2.24, 2.45) is 0 Å². The Hall–Kier alpha value is -0.420. The van der Waals surface area contributed by atoms with Crippen LogP contribution in [-0.4, -0.2) is 5.11 Å². The zero-order valence-electron chi connectivity index (χ0n) is 6.30. The van der Waals surface area contributed by atoms with Crippen LogP contribution in [0.3, 0.4) is 0 Å². The van der Waals surface area contributed by atoms with Crippen molar-refractivity contribution < 1.29 is 9.50 Å². The normalized spacial score (nSPS) is 12.6. The molecule has 1 unspecified atom stereocenters. The molecular weight excluding hydrogens is 270 g/mol. The molecule has 1 aromatic rings. The van der Waals surface area contributed by atoms with Crippen molar-refractivity contribution in [2.75, 3.05) is 0 Å². The molecule has 1 aromatic carbocycles. The van der Waals surface area contributed by atoms with Gasteiger partial charge in [-0.2, -0.15) is 0 Å². The van der Waals surface area contributed by atoms with Gasteiger partial charge in [0.1, 0.15) is 5.82 Å². The van der Waals surface area contributed by atoms with E-state index in [2.05, 4.69) is 6.58 Å². The van der Waals surface area contributed by atoms with Crippen LogP contribution in [0.2, 0.25) is 0 Å². The van der Waals surface area contributed by atoms with Crippen LogP contribution in [0.4, 0.5) is 4.39 Å². The van der Waals surface area contributed by atoms with Gasteiger partial charge in [0.2, 0.25) is 0 Å². The highest BCUT2D eigenvalue weighted by molar-refractivity contribution is 14.1. The lowest BCUT2D eigenvalue weighted by Crippen LogP contribution is -1.96. The van der Waals surface area contributed by atoms with Gasteiger partial charge in [-0.1, -0.05) is 12.1 Å². The minimum atomic E-state index is -0.711. The van der Waals surface area contributed by atoms with E-state index in [1.165, 1.54) is 18.2 Å². The lowest BCUT2D eigenvalue weighted by molar-refractivity contribution is 0.228. The van der Waals surface area contributed by atoms with Gasteiger partial charge < -0.3 is 5.11 Å². The van der Waals surface area contributed by atoms with Crippen LogP contribution in [0.25, 0.3) is 0 Å². The summed E-state index contributed by atoms with van der Waals surface area (Å²) in [4.78, 5) is 0. The number of hydrogen-bond acceptors (Lipinski definition) is 1. The first kappa shape index (κ1) is 9.67. The number of hydrogen-bond donors (Lipinski definition) is 1. The van der Waals surface area contributed by atoms with Crippen molar-refractivity contribution in [3.63, 3.8) is 0 Å². The largest absolute Gasteiger partial charge is 0.384 e. The number of rotatable bonds is 2. The van der Waals surface area contributed by atoms with Gasteiger partial charge in [-0.05, 0) is 40.3 Å². The monoisotopic (exact) mass is 278 g/mol. The molecule has 0 saturated heterocycles. The molecule has 0 saturated carbocycles. The van der Waals surface area contributed by atoms with Crippen molar-refractivity contribution in [2.45, 2.75) is 6.10 Å². The predicted octanol–water partition coefficient (Wildman–Crippen LogP) is 2.65. The lowest BCUT2D eigenvalue weighted by atomic mass is 10.1. The van der Waals surface area contributed by atoms with Gasteiger partial charge in [0.15, 0.2) is 0 Å². The molecule has 0 bridgehead atoms. The average molecular weight is 278 g/mol. The van der Waals surface area contributed by atoms with E-state index in [1.54, 1.807) is 6.07 Å². The number of halogens is 2. The summed E-state index contributed by atoms with van der Waals surface area (Å²) in [6.45, 7) is 3.45. The summed E-state index contributed by atoms with van der Waals surface area (Å²) in [6.07, 6.45) is 0.701. The Morgan fingerprint density at radius 2 is 2.25 bits per heavy atom. The zero-order valence-corrected chi connectivity index (χ0v) is 8.45. The molecule has 1 nitrogen and oxygen atoms in total. The summed E-state index contributed by atoms with van der Waals surface area (Å²) in [5, 5.41) is 9.36. The van der Waals surface area contributed by atoms with E-state index in [9.17, 15) is 9.50 Å². The maximum absolute atomic E-state index is 12.6. The van der Waals surface area contributed by atoms with Gasteiger partial charge in [0.25, 0.3) is 0 Å². The third-order valence-corrected chi connectivity index (χ3v) is 2.44. The topological polar surface area (TPSA) is 20.2 Å². The summed E-state index contributed by atoms with van der Waals surface area (Å²) in [6, 6.07) is 4.26. The van der Waals surface area contributed by atoms with E-state index in [-0.39, 0.29) is 5.82 Å². The highest BCUT2D eigenvalue weighted by atomic mass is 127. The van der Waals surface area contributed by atoms with Crippen molar-refractivity contribution in [3.05, 3.63) is 45.8 Å². The summed E-state index contributed by atoms with van der Waals surface area (Å²) >= 11 is 1.98. The van der Waals surface area contributed by atoms with Gasteiger partial charge in [0, 0.05) is 3.57 Å². The van der Waals surface area contributed by atoms with E-state index in [0.717, 1.165) is 0 Å². The molecule has 0 aliphatic rings. The lowest BCUT2D eigenvalue weighted by Gasteiger charge is -2.07. The first-order valence-electron chi connectivity index (χ1n) is 3.40. The van der Waals surface area contributed by atoms with Crippen LogP contribution in [0.5, 0.6) is 0 Å². The number of benzene rings is 1. The zero-order chi connectivity index (χ0) is 9.14. The molecule has 3 heteroatoms. The van der Waals surface area contributed by atoms with Crippen molar-refractivity contribution in [1.29, 1.82) is 0 Å². The van der Waals surface area contributed by atoms with Gasteiger partial charge in [-0.15, -0.1) is 6.58 Å². The predicted molar refractivity (Wildman–Crippen MR) is 54.3 cm³/mol. The van der Waals surface area contributed by atoms with Gasteiger partial charge in [-0.3, -0.25) is 0 Å². The van der Waals surface area contributed by atoms with Crippen LogP contribution in [0.1, 0.15) is 11.7 Å². The molecule has 0 aromatic heterocycles. The van der Waals surface area contributed by atoms with Crippen LogP contribution in [-0.2, 0) is 0 Å². The Labute approximate surface area is 84.1 Å². The van der Waals surface area contributed by atoms with Gasteiger partial charge in [-0.25, -0.2) is 4.39 Å². The number of aliphatic hydroxyl groups excluding tert-OH is 1. The minimum Gasteiger partial charge on any atom is -0.384 e. The van der Waals surface area contributed by atoms with E-state index >= 15 is 0 Å². The molecule has 0 radical (unpaired) electrons. The quantitative estimate of drug-likeness (QED) is 0.651. The van der Waals surface area contributed by atoms with E-state index in [4.69, 9.17) is 0 Å². The molecule has 0 spiro atoms. The highest BCUT2D eigenvalue weighted by Gasteiger charge is 2.07. The Morgan fingerprint density at radius 3 is 2.75 bits per heavy atom. The molecule has 0 aliphatic carbocycles. The minimum absolute atomic E-state index is 0.292. The Morgan fingerprint density at radius 1 is 1.58 bits per heavy atom. The van der Waals surface area contributed by atoms with Crippen LogP contribution in [0, 0.1) is 9.39 Å². The molecule has 0 amide bonds. The molecule has 1 N–H and O–H groups in total. The maximum Gasteiger partial charge on any atom is 0.124 e. The molecule has 12 heavy (non-hydrogen) atoms. The molecule has 64 valence electrons. The fraction of sp³-hybridized carbons (Fsp3) is 0.111. The first-order valence-corrected chi connectivity index (χ1v) is 4.48. The SMILES string of the molecule is C=CC(O)c1ccc(F)cc1I. The van der Waals surface area contributed by atoms with Crippen LogP contribution in [0.15, 0.2) is 30.9 Å². The molecular formula is C9H8FIO. The summed E-state index contributed by atoms with van der Waals surface area (Å²) in [7, 11) is 0. The van der Waals surface area contributed by atoms with E-state index in [0.29, 0.717) is 9.13 Å². The second kappa shape index (κ2) is 4.00. The van der Waals surface area contributed by atoms with E-state index in [1.807, 2.05) is 22.6 Å². The molecule has 1 rings (SSSR count). The Kier molecular flexibility index (Phi) is 3.22. The summed E-state index contributed by atoms with van der Waals surface area (Å²) in [5.41, 5.74) is 0.687. The van der Waals surface area contributed by atoms with Crippen LogP contribution >= 0.6 is 22.6 Å². The Balaban J connectivity index is 3.09. The summed E-state index contributed by atoms with van der Waals surface area (Å²) in [5.74, 6) is -0.292. The highest BCUT2D eigenvalue weighted by Crippen LogP contribution is 2.21. The van der Waals surface area contributed by atoms with Crippen molar-refractivity contribution >= 4 is 22.6 Å². The first-order chi connectivity index (χ1) is 5.65. The third kappa shape index (κ3) is 2.04. The molecule has 0 aliphatic heterocycles. The second-order valence-electron chi connectivity index (χ2n) is 2.35. The average Bonchev–Trinajstić information content (AvgIpc) is 2.03. The van der Waals surface area contributed by atoms with E-state index < -0.39 is 6.10 Å². The van der Waals surface area contributed by atoms with Crippen molar-refractivity contribution in [3.8, 4) is 0 Å². The molecule has 1 atom stereocenters. The fourth-order valence-electron chi connectivity index (χ4n) is 0.868. The van der Waals surface area contributed by atoms with Crippen molar-refractivity contribution in [1.82, 2.24) is 0 Å². The smallest absolute Gasteiger partial charge is 0.124 e. The molecule has 0 fully saturated rings. The fourth-order valence-corrected chi connectivity index (χ4v) is 1.66. The van der Waals surface area contributed by atoms with Gasteiger partial charge >= 0.3 is 0 Å².